The van der Waals surface area contributed by atoms with Crippen LogP contribution < -0.4 is 0 Å². The van der Waals surface area contributed by atoms with Crippen molar-refractivity contribution in [3.05, 3.63) is 70.3 Å². The Bertz CT molecular complexity index is 796. The Morgan fingerprint density at radius 1 is 0.923 bits per heavy atom. The van der Waals surface area contributed by atoms with E-state index in [1.807, 2.05) is 0 Å². The lowest BCUT2D eigenvalue weighted by atomic mass is 9.82. The summed E-state index contributed by atoms with van der Waals surface area (Å²) in [6, 6.07) is 16.2. The van der Waals surface area contributed by atoms with Crippen molar-refractivity contribution in [2.24, 2.45) is 5.92 Å². The molecule has 0 aliphatic carbocycles. The molecule has 0 aromatic heterocycles. The second-order valence-electron chi connectivity index (χ2n) is 8.33. The zero-order valence-corrected chi connectivity index (χ0v) is 16.2. The SMILES string of the molecule is Cc1cc(C)c(C(=O)C2CC3CCC(C2)N3Cc2ccccc2)cc1C. The zero-order valence-electron chi connectivity index (χ0n) is 16.2. The van der Waals surface area contributed by atoms with E-state index in [1.54, 1.807) is 0 Å². The van der Waals surface area contributed by atoms with Crippen LogP contribution in [-0.2, 0) is 6.54 Å². The van der Waals surface area contributed by atoms with Gasteiger partial charge in [0.25, 0.3) is 0 Å². The van der Waals surface area contributed by atoms with Gasteiger partial charge in [0.05, 0.1) is 0 Å². The van der Waals surface area contributed by atoms with E-state index in [1.165, 1.54) is 29.5 Å². The number of fused-ring (bicyclic) bond motifs is 2. The molecule has 2 nitrogen and oxygen atoms in total. The van der Waals surface area contributed by atoms with Crippen molar-refractivity contribution in [1.82, 2.24) is 4.90 Å². The van der Waals surface area contributed by atoms with Gasteiger partial charge in [0.15, 0.2) is 5.78 Å². The summed E-state index contributed by atoms with van der Waals surface area (Å²) in [5.74, 6) is 0.571. The number of ketones is 1. The molecule has 0 amide bonds. The largest absolute Gasteiger partial charge is 0.294 e. The van der Waals surface area contributed by atoms with Crippen molar-refractivity contribution < 1.29 is 4.79 Å². The van der Waals surface area contributed by atoms with Crippen molar-refractivity contribution in [1.29, 1.82) is 0 Å². The Balaban J connectivity index is 1.50. The zero-order chi connectivity index (χ0) is 18.3. The fourth-order valence-electron chi connectivity index (χ4n) is 4.99. The predicted molar refractivity (Wildman–Crippen MR) is 107 cm³/mol. The number of Topliss-reactive ketones (excluding diaryl/α,β-unsaturated/α-hetero) is 1. The quantitative estimate of drug-likeness (QED) is 0.705. The topological polar surface area (TPSA) is 20.3 Å². The van der Waals surface area contributed by atoms with E-state index in [0.29, 0.717) is 17.9 Å². The lowest BCUT2D eigenvalue weighted by molar-refractivity contribution is 0.0677. The highest BCUT2D eigenvalue weighted by atomic mass is 16.1. The van der Waals surface area contributed by atoms with Crippen molar-refractivity contribution in [2.75, 3.05) is 0 Å². The molecule has 2 aliphatic heterocycles. The van der Waals surface area contributed by atoms with Crippen molar-refractivity contribution in [3.63, 3.8) is 0 Å². The van der Waals surface area contributed by atoms with Crippen LogP contribution >= 0.6 is 0 Å². The maximum absolute atomic E-state index is 13.2. The molecule has 2 bridgehead atoms. The normalized spacial score (nSPS) is 25.4. The third-order valence-corrected chi connectivity index (χ3v) is 6.57. The van der Waals surface area contributed by atoms with Gasteiger partial charge < -0.3 is 0 Å². The minimum absolute atomic E-state index is 0.195. The third-order valence-electron chi connectivity index (χ3n) is 6.57. The van der Waals surface area contributed by atoms with Crippen LogP contribution in [0.5, 0.6) is 0 Å². The number of hydrogen-bond donors (Lipinski definition) is 0. The van der Waals surface area contributed by atoms with Crippen LogP contribution in [0.4, 0.5) is 0 Å². The van der Waals surface area contributed by atoms with Gasteiger partial charge in [-0.1, -0.05) is 36.4 Å². The van der Waals surface area contributed by atoms with Crippen LogP contribution in [0, 0.1) is 26.7 Å². The van der Waals surface area contributed by atoms with Gasteiger partial charge in [-0.25, -0.2) is 0 Å². The number of piperidine rings is 1. The maximum Gasteiger partial charge on any atom is 0.166 e. The summed E-state index contributed by atoms with van der Waals surface area (Å²) < 4.78 is 0. The summed E-state index contributed by atoms with van der Waals surface area (Å²) in [5, 5.41) is 0. The molecule has 2 saturated heterocycles. The Kier molecular flexibility index (Phi) is 4.71. The molecule has 2 fully saturated rings. The average Bonchev–Trinajstić information content (AvgIpc) is 2.87. The summed E-state index contributed by atoms with van der Waals surface area (Å²) in [6.07, 6.45) is 4.53. The molecular weight excluding hydrogens is 318 g/mol. The maximum atomic E-state index is 13.2. The number of aryl methyl sites for hydroxylation is 3. The molecule has 2 unspecified atom stereocenters. The first kappa shape index (κ1) is 17.5. The van der Waals surface area contributed by atoms with Crippen LogP contribution in [0.15, 0.2) is 42.5 Å². The Labute approximate surface area is 157 Å². The van der Waals surface area contributed by atoms with Crippen LogP contribution in [-0.4, -0.2) is 22.8 Å². The molecule has 2 aliphatic rings. The molecule has 2 heteroatoms. The van der Waals surface area contributed by atoms with Crippen LogP contribution in [0.3, 0.4) is 0 Å². The van der Waals surface area contributed by atoms with E-state index in [0.717, 1.165) is 30.5 Å². The van der Waals surface area contributed by atoms with Gasteiger partial charge >= 0.3 is 0 Å². The van der Waals surface area contributed by atoms with Gasteiger partial charge in [0.1, 0.15) is 0 Å². The van der Waals surface area contributed by atoms with Gasteiger partial charge in [-0.3, -0.25) is 9.69 Å². The van der Waals surface area contributed by atoms with E-state index in [2.05, 4.69) is 68.1 Å². The second kappa shape index (κ2) is 7.00. The first-order valence-electron chi connectivity index (χ1n) is 9.94. The van der Waals surface area contributed by atoms with E-state index in [9.17, 15) is 4.79 Å². The minimum atomic E-state index is 0.195. The molecule has 0 spiro atoms. The molecule has 0 N–H and O–H groups in total. The van der Waals surface area contributed by atoms with E-state index in [4.69, 9.17) is 0 Å². The smallest absolute Gasteiger partial charge is 0.166 e. The number of benzene rings is 2. The van der Waals surface area contributed by atoms with Gasteiger partial charge in [0, 0.05) is 30.1 Å². The molecule has 4 rings (SSSR count). The van der Waals surface area contributed by atoms with Crippen LogP contribution in [0.1, 0.15) is 58.3 Å². The van der Waals surface area contributed by atoms with E-state index < -0.39 is 0 Å². The molecule has 2 aromatic carbocycles. The van der Waals surface area contributed by atoms with Crippen molar-refractivity contribution in [3.8, 4) is 0 Å². The number of hydrogen-bond acceptors (Lipinski definition) is 2. The van der Waals surface area contributed by atoms with E-state index in [-0.39, 0.29) is 5.92 Å². The lowest BCUT2D eigenvalue weighted by Crippen LogP contribution is -2.44. The monoisotopic (exact) mass is 347 g/mol. The third kappa shape index (κ3) is 3.23. The van der Waals surface area contributed by atoms with E-state index >= 15 is 0 Å². The van der Waals surface area contributed by atoms with Crippen molar-refractivity contribution >= 4 is 5.78 Å². The first-order valence-corrected chi connectivity index (χ1v) is 9.94. The summed E-state index contributed by atoms with van der Waals surface area (Å²) in [6.45, 7) is 7.34. The molecule has 0 radical (unpaired) electrons. The summed E-state index contributed by atoms with van der Waals surface area (Å²) in [4.78, 5) is 15.9. The molecule has 0 saturated carbocycles. The van der Waals surface area contributed by atoms with Gasteiger partial charge in [0.2, 0.25) is 0 Å². The minimum Gasteiger partial charge on any atom is -0.294 e. The number of carbonyl (C=O) groups excluding carboxylic acids is 1. The predicted octanol–water partition coefficient (Wildman–Crippen LogP) is 5.24. The highest BCUT2D eigenvalue weighted by Gasteiger charge is 2.42. The molecular formula is C24H29NO. The fraction of sp³-hybridized carbons (Fsp3) is 0.458. The van der Waals surface area contributed by atoms with Crippen LogP contribution in [0.2, 0.25) is 0 Å². The molecule has 2 heterocycles. The first-order chi connectivity index (χ1) is 12.5. The van der Waals surface area contributed by atoms with Gasteiger partial charge in [-0.2, -0.15) is 0 Å². The number of rotatable bonds is 4. The van der Waals surface area contributed by atoms with Gasteiger partial charge in [-0.05, 0) is 74.8 Å². The Morgan fingerprint density at radius 2 is 1.54 bits per heavy atom. The standard InChI is InChI=1S/C24H29NO/c1-16-11-18(3)23(12-17(16)2)24(26)20-13-21-9-10-22(14-20)25(21)15-19-7-5-4-6-8-19/h4-8,11-12,20-22H,9-10,13-15H2,1-3H3. The lowest BCUT2D eigenvalue weighted by Gasteiger charge is -2.38. The highest BCUT2D eigenvalue weighted by molar-refractivity contribution is 5.99. The second-order valence-corrected chi connectivity index (χ2v) is 8.33. The highest BCUT2D eigenvalue weighted by Crippen LogP contribution is 2.41. The van der Waals surface area contributed by atoms with Crippen molar-refractivity contribution in [2.45, 2.75) is 65.1 Å². The Hall–Kier alpha value is -1.93. The molecule has 26 heavy (non-hydrogen) atoms. The summed E-state index contributed by atoms with van der Waals surface area (Å²) >= 11 is 0. The number of nitrogens with zero attached hydrogens (tertiary/aromatic N) is 1. The van der Waals surface area contributed by atoms with Crippen LogP contribution in [0.25, 0.3) is 0 Å². The molecule has 136 valence electrons. The fourth-order valence-corrected chi connectivity index (χ4v) is 4.99. The number of carbonyl (C=O) groups is 1. The Morgan fingerprint density at radius 3 is 2.19 bits per heavy atom. The molecule has 2 atom stereocenters. The van der Waals surface area contributed by atoms with Gasteiger partial charge in [-0.15, -0.1) is 0 Å². The molecule has 2 aromatic rings. The summed E-state index contributed by atoms with van der Waals surface area (Å²) in [5.41, 5.74) is 5.98. The summed E-state index contributed by atoms with van der Waals surface area (Å²) in [7, 11) is 0. The average molecular weight is 348 g/mol.